The van der Waals surface area contributed by atoms with Gasteiger partial charge >= 0.3 is 0 Å². The monoisotopic (exact) mass is 296 g/mol. The standard InChI is InChI=1S/C15H24N2O2S/c1-2-3-13-4-6-14(7-5-13)20(18,19)17-12-15(8-9-15)10-11-16/h4-7,17H,2-3,8-12,16H2,1H3. The molecule has 20 heavy (non-hydrogen) atoms. The van der Waals surface area contributed by atoms with E-state index in [1.54, 1.807) is 12.1 Å². The number of aryl methyl sites for hydroxylation is 1. The van der Waals surface area contributed by atoms with Gasteiger partial charge in [-0.3, -0.25) is 0 Å². The second-order valence-corrected chi connectivity index (χ2v) is 7.52. The zero-order chi connectivity index (χ0) is 14.6. The molecule has 1 aromatic rings. The molecule has 0 aromatic heterocycles. The van der Waals surface area contributed by atoms with E-state index in [1.807, 2.05) is 12.1 Å². The van der Waals surface area contributed by atoms with Crippen molar-refractivity contribution in [1.82, 2.24) is 4.72 Å². The third kappa shape index (κ3) is 3.81. The molecule has 1 aliphatic carbocycles. The molecule has 0 heterocycles. The fourth-order valence-electron chi connectivity index (χ4n) is 2.45. The summed E-state index contributed by atoms with van der Waals surface area (Å²) in [5, 5.41) is 0. The molecule has 0 unspecified atom stereocenters. The Morgan fingerprint density at radius 3 is 2.40 bits per heavy atom. The second kappa shape index (κ2) is 6.24. The molecule has 5 heteroatoms. The van der Waals surface area contributed by atoms with Gasteiger partial charge < -0.3 is 5.73 Å². The maximum atomic E-state index is 12.2. The highest BCUT2D eigenvalue weighted by Crippen LogP contribution is 2.47. The average molecular weight is 296 g/mol. The molecule has 1 aromatic carbocycles. The molecule has 3 N–H and O–H groups in total. The third-order valence-corrected chi connectivity index (χ3v) is 5.46. The summed E-state index contributed by atoms with van der Waals surface area (Å²) >= 11 is 0. The highest BCUT2D eigenvalue weighted by atomic mass is 32.2. The number of nitrogens with one attached hydrogen (secondary N) is 1. The largest absolute Gasteiger partial charge is 0.330 e. The lowest BCUT2D eigenvalue weighted by atomic mass is 10.0. The second-order valence-electron chi connectivity index (χ2n) is 5.76. The Balaban J connectivity index is 1.99. The Bertz CT molecular complexity index is 533. The van der Waals surface area contributed by atoms with Crippen LogP contribution >= 0.6 is 0 Å². The zero-order valence-electron chi connectivity index (χ0n) is 12.1. The van der Waals surface area contributed by atoms with Gasteiger partial charge in [0.25, 0.3) is 0 Å². The summed E-state index contributed by atoms with van der Waals surface area (Å²) in [4.78, 5) is 0.348. The number of sulfonamides is 1. The van der Waals surface area contributed by atoms with Gasteiger partial charge in [0, 0.05) is 6.54 Å². The van der Waals surface area contributed by atoms with Gasteiger partial charge in [0.1, 0.15) is 0 Å². The molecule has 0 radical (unpaired) electrons. The van der Waals surface area contributed by atoms with Gasteiger partial charge in [-0.1, -0.05) is 25.5 Å². The fourth-order valence-corrected chi connectivity index (χ4v) is 3.61. The van der Waals surface area contributed by atoms with E-state index in [1.165, 1.54) is 5.56 Å². The molecule has 4 nitrogen and oxygen atoms in total. The smallest absolute Gasteiger partial charge is 0.240 e. The van der Waals surface area contributed by atoms with Crippen LogP contribution in [0, 0.1) is 5.41 Å². The van der Waals surface area contributed by atoms with Gasteiger partial charge in [-0.2, -0.15) is 0 Å². The lowest BCUT2D eigenvalue weighted by Crippen LogP contribution is -2.31. The van der Waals surface area contributed by atoms with Crippen molar-refractivity contribution in [2.24, 2.45) is 11.1 Å². The Morgan fingerprint density at radius 2 is 1.90 bits per heavy atom. The molecule has 0 amide bonds. The summed E-state index contributed by atoms with van der Waals surface area (Å²) in [6.07, 6.45) is 5.08. The molecule has 0 bridgehead atoms. The van der Waals surface area contributed by atoms with Gasteiger partial charge in [-0.15, -0.1) is 0 Å². The SMILES string of the molecule is CCCc1ccc(S(=O)(=O)NCC2(CCN)CC2)cc1. The molecule has 112 valence electrons. The van der Waals surface area contributed by atoms with Crippen molar-refractivity contribution in [3.8, 4) is 0 Å². The topological polar surface area (TPSA) is 72.2 Å². The predicted molar refractivity (Wildman–Crippen MR) is 81.0 cm³/mol. The van der Waals surface area contributed by atoms with Gasteiger partial charge in [0.15, 0.2) is 0 Å². The van der Waals surface area contributed by atoms with E-state index < -0.39 is 10.0 Å². The summed E-state index contributed by atoms with van der Waals surface area (Å²) < 4.78 is 27.2. The van der Waals surface area contributed by atoms with Crippen molar-refractivity contribution in [2.75, 3.05) is 13.1 Å². The van der Waals surface area contributed by atoms with E-state index in [2.05, 4.69) is 11.6 Å². The molecule has 0 spiro atoms. The molecule has 0 aliphatic heterocycles. The lowest BCUT2D eigenvalue weighted by molar-refractivity contribution is 0.461. The van der Waals surface area contributed by atoms with E-state index >= 15 is 0 Å². The van der Waals surface area contributed by atoms with Crippen LogP contribution in [0.25, 0.3) is 0 Å². The molecule has 2 rings (SSSR count). The van der Waals surface area contributed by atoms with Crippen molar-refractivity contribution in [1.29, 1.82) is 0 Å². The van der Waals surface area contributed by atoms with Crippen LogP contribution in [-0.4, -0.2) is 21.5 Å². The molecule has 1 fully saturated rings. The highest BCUT2D eigenvalue weighted by Gasteiger charge is 2.42. The summed E-state index contributed by atoms with van der Waals surface area (Å²) in [5.41, 5.74) is 6.86. The summed E-state index contributed by atoms with van der Waals surface area (Å²) in [7, 11) is -3.39. The van der Waals surface area contributed by atoms with E-state index in [0.717, 1.165) is 32.1 Å². The number of rotatable bonds is 8. The first-order valence-corrected chi connectivity index (χ1v) is 8.78. The van der Waals surface area contributed by atoms with Gasteiger partial charge in [0.2, 0.25) is 10.0 Å². The van der Waals surface area contributed by atoms with Crippen LogP contribution in [0.2, 0.25) is 0 Å². The first kappa shape index (κ1) is 15.5. The number of hydrogen-bond donors (Lipinski definition) is 2. The van der Waals surface area contributed by atoms with Crippen molar-refractivity contribution < 1.29 is 8.42 Å². The first-order valence-electron chi connectivity index (χ1n) is 7.30. The maximum Gasteiger partial charge on any atom is 0.240 e. The van der Waals surface area contributed by atoms with E-state index in [4.69, 9.17) is 5.73 Å². The van der Waals surface area contributed by atoms with Crippen LogP contribution in [0.4, 0.5) is 0 Å². The predicted octanol–water partition coefficient (Wildman–Crippen LogP) is 2.05. The molecule has 1 aliphatic rings. The Morgan fingerprint density at radius 1 is 1.25 bits per heavy atom. The minimum atomic E-state index is -3.39. The molecule has 0 atom stereocenters. The molecular formula is C15H24N2O2S. The maximum absolute atomic E-state index is 12.2. The normalized spacial score (nSPS) is 17.1. The van der Waals surface area contributed by atoms with Crippen molar-refractivity contribution in [2.45, 2.75) is 43.9 Å². The van der Waals surface area contributed by atoms with Crippen molar-refractivity contribution in [3.05, 3.63) is 29.8 Å². The van der Waals surface area contributed by atoms with Crippen molar-refractivity contribution in [3.63, 3.8) is 0 Å². The Hall–Kier alpha value is -0.910. The van der Waals surface area contributed by atoms with E-state index in [0.29, 0.717) is 18.0 Å². The molecular weight excluding hydrogens is 272 g/mol. The number of nitrogens with two attached hydrogens (primary N) is 1. The Labute approximate surface area is 121 Å². The lowest BCUT2D eigenvalue weighted by Gasteiger charge is -2.15. The van der Waals surface area contributed by atoms with Crippen LogP contribution in [-0.2, 0) is 16.4 Å². The van der Waals surface area contributed by atoms with Crippen LogP contribution in [0.1, 0.15) is 38.2 Å². The molecule has 1 saturated carbocycles. The van der Waals surface area contributed by atoms with Crippen LogP contribution < -0.4 is 10.5 Å². The van der Waals surface area contributed by atoms with Crippen LogP contribution in [0.15, 0.2) is 29.2 Å². The number of hydrogen-bond acceptors (Lipinski definition) is 3. The number of benzene rings is 1. The highest BCUT2D eigenvalue weighted by molar-refractivity contribution is 7.89. The van der Waals surface area contributed by atoms with E-state index in [-0.39, 0.29) is 5.41 Å². The Kier molecular flexibility index (Phi) is 4.83. The summed E-state index contributed by atoms with van der Waals surface area (Å²) in [6, 6.07) is 7.17. The third-order valence-electron chi connectivity index (χ3n) is 4.04. The van der Waals surface area contributed by atoms with Crippen molar-refractivity contribution >= 4 is 10.0 Å². The molecule has 0 saturated heterocycles. The van der Waals surface area contributed by atoms with Gasteiger partial charge in [-0.25, -0.2) is 13.1 Å². The van der Waals surface area contributed by atoms with Gasteiger partial charge in [-0.05, 0) is 55.3 Å². The minimum absolute atomic E-state index is 0.115. The van der Waals surface area contributed by atoms with Crippen LogP contribution in [0.3, 0.4) is 0 Å². The zero-order valence-corrected chi connectivity index (χ0v) is 12.9. The fraction of sp³-hybridized carbons (Fsp3) is 0.600. The summed E-state index contributed by atoms with van der Waals surface area (Å²) in [6.45, 7) is 3.23. The first-order chi connectivity index (χ1) is 9.51. The van der Waals surface area contributed by atoms with Crippen LogP contribution in [0.5, 0.6) is 0 Å². The van der Waals surface area contributed by atoms with Gasteiger partial charge in [0.05, 0.1) is 4.90 Å². The average Bonchev–Trinajstić information content (AvgIpc) is 3.19. The summed E-state index contributed by atoms with van der Waals surface area (Å²) in [5.74, 6) is 0. The quantitative estimate of drug-likeness (QED) is 0.771. The minimum Gasteiger partial charge on any atom is -0.330 e. The van der Waals surface area contributed by atoms with E-state index in [9.17, 15) is 8.42 Å².